The molecule has 0 aliphatic rings. The van der Waals surface area contributed by atoms with Crippen LogP contribution in [0.2, 0.25) is 0 Å². The standard InChI is InChI=1S/C29H32N4O3S/c1-3-4-15-24(19-30-29(34)36-21-23-13-9-6-10-14-23)26-18-27(37(2)35)33-28(32-26)25(20-31-33)17-16-22-11-7-5-8-12-22/h5-14,16-18,20,24H,3-4,15,19,21H2,1-2H3,(H,30,34)/b17-16+. The second kappa shape index (κ2) is 13.0. The van der Waals surface area contributed by atoms with E-state index >= 15 is 0 Å². The van der Waals surface area contributed by atoms with Crippen LogP contribution in [-0.4, -0.2) is 37.7 Å². The van der Waals surface area contributed by atoms with Crippen molar-refractivity contribution in [2.24, 2.45) is 0 Å². The quantitative estimate of drug-likeness (QED) is 0.253. The highest BCUT2D eigenvalue weighted by Gasteiger charge is 2.20. The summed E-state index contributed by atoms with van der Waals surface area (Å²) in [6, 6.07) is 21.4. The molecule has 0 aliphatic carbocycles. The lowest BCUT2D eigenvalue weighted by Gasteiger charge is -2.18. The highest BCUT2D eigenvalue weighted by Crippen LogP contribution is 2.25. The Hall–Kier alpha value is -3.78. The molecule has 1 N–H and O–H groups in total. The van der Waals surface area contributed by atoms with Crippen molar-refractivity contribution >= 4 is 34.7 Å². The molecule has 0 saturated heterocycles. The molecule has 2 heterocycles. The van der Waals surface area contributed by atoms with Gasteiger partial charge >= 0.3 is 6.09 Å². The topological polar surface area (TPSA) is 85.6 Å². The first-order chi connectivity index (χ1) is 18.0. The number of unbranched alkanes of at least 4 members (excludes halogenated alkanes) is 1. The molecule has 2 unspecified atom stereocenters. The maximum Gasteiger partial charge on any atom is 0.407 e. The summed E-state index contributed by atoms with van der Waals surface area (Å²) in [7, 11) is -1.28. The third-order valence-electron chi connectivity index (χ3n) is 6.07. The van der Waals surface area contributed by atoms with Crippen LogP contribution < -0.4 is 5.32 Å². The van der Waals surface area contributed by atoms with E-state index in [1.54, 1.807) is 17.0 Å². The fraction of sp³-hybridized carbons (Fsp3) is 0.276. The van der Waals surface area contributed by atoms with E-state index in [9.17, 15) is 9.00 Å². The Morgan fingerprint density at radius 2 is 1.84 bits per heavy atom. The van der Waals surface area contributed by atoms with Gasteiger partial charge in [-0.25, -0.2) is 14.3 Å². The van der Waals surface area contributed by atoms with Gasteiger partial charge in [-0.15, -0.1) is 0 Å². The Bertz CT molecular complexity index is 1370. The van der Waals surface area contributed by atoms with Crippen LogP contribution in [0.4, 0.5) is 4.79 Å². The third-order valence-corrected chi connectivity index (χ3v) is 6.95. The van der Waals surface area contributed by atoms with Gasteiger partial charge in [-0.3, -0.25) is 4.21 Å². The van der Waals surface area contributed by atoms with Gasteiger partial charge in [0.1, 0.15) is 11.6 Å². The van der Waals surface area contributed by atoms with Gasteiger partial charge in [-0.1, -0.05) is 86.5 Å². The van der Waals surface area contributed by atoms with Crippen LogP contribution in [0.25, 0.3) is 17.8 Å². The average Bonchev–Trinajstić information content (AvgIpc) is 3.34. The number of nitrogens with one attached hydrogen (secondary N) is 1. The average molecular weight is 517 g/mol. The zero-order chi connectivity index (χ0) is 26.0. The van der Waals surface area contributed by atoms with E-state index in [2.05, 4.69) is 17.3 Å². The van der Waals surface area contributed by atoms with Gasteiger partial charge in [0.15, 0.2) is 5.65 Å². The summed E-state index contributed by atoms with van der Waals surface area (Å²) in [6.07, 6.45) is 9.70. The van der Waals surface area contributed by atoms with Gasteiger partial charge in [-0.05, 0) is 29.7 Å². The number of alkyl carbamates (subject to hydrolysis) is 1. The van der Waals surface area contributed by atoms with Crippen molar-refractivity contribution in [2.75, 3.05) is 12.8 Å². The first-order valence-corrected chi connectivity index (χ1v) is 14.0. The molecule has 0 bridgehead atoms. The molecule has 0 spiro atoms. The molecule has 2 atom stereocenters. The minimum Gasteiger partial charge on any atom is -0.445 e. The minimum absolute atomic E-state index is 0.0580. The van der Waals surface area contributed by atoms with E-state index in [4.69, 9.17) is 9.72 Å². The molecule has 2 aromatic carbocycles. The van der Waals surface area contributed by atoms with E-state index in [0.29, 0.717) is 17.2 Å². The number of nitrogens with zero attached hydrogens (tertiary/aromatic N) is 3. The van der Waals surface area contributed by atoms with Gasteiger partial charge in [0.05, 0.1) is 22.7 Å². The molecule has 4 rings (SSSR count). The predicted molar refractivity (Wildman–Crippen MR) is 148 cm³/mol. The maximum atomic E-state index is 12.6. The monoisotopic (exact) mass is 516 g/mol. The van der Waals surface area contributed by atoms with Crippen LogP contribution in [0.1, 0.15) is 54.5 Å². The van der Waals surface area contributed by atoms with Crippen LogP contribution in [0.3, 0.4) is 0 Å². The van der Waals surface area contributed by atoms with Crippen molar-refractivity contribution in [3.63, 3.8) is 0 Å². The van der Waals surface area contributed by atoms with Gasteiger partial charge in [0.25, 0.3) is 0 Å². The van der Waals surface area contributed by atoms with Gasteiger partial charge in [-0.2, -0.15) is 5.10 Å². The van der Waals surface area contributed by atoms with Crippen LogP contribution in [0.15, 0.2) is 78.0 Å². The first-order valence-electron chi connectivity index (χ1n) is 12.4. The molecule has 0 saturated carbocycles. The number of benzene rings is 2. The number of carbonyl (C=O) groups excluding carboxylic acids is 1. The SMILES string of the molecule is CCCCC(CNC(=O)OCc1ccccc1)c1cc(S(C)=O)n2ncc(/C=C/c3ccccc3)c2n1. The molecular weight excluding hydrogens is 484 g/mol. The number of carbonyl (C=O) groups is 1. The Morgan fingerprint density at radius 3 is 2.54 bits per heavy atom. The van der Waals surface area contributed by atoms with Crippen molar-refractivity contribution in [2.45, 2.75) is 43.7 Å². The second-order valence-corrected chi connectivity index (χ2v) is 10.2. The summed E-state index contributed by atoms with van der Waals surface area (Å²) in [5, 5.41) is 7.94. The van der Waals surface area contributed by atoms with Crippen LogP contribution in [0.5, 0.6) is 0 Å². The summed E-state index contributed by atoms with van der Waals surface area (Å²) < 4.78 is 19.7. The lowest BCUT2D eigenvalue weighted by atomic mass is 9.98. The Morgan fingerprint density at radius 1 is 1.11 bits per heavy atom. The van der Waals surface area contributed by atoms with Crippen LogP contribution in [0, 0.1) is 0 Å². The normalized spacial score (nSPS) is 13.0. The largest absolute Gasteiger partial charge is 0.445 e. The molecular formula is C29H32N4O3S. The smallest absolute Gasteiger partial charge is 0.407 e. The lowest BCUT2D eigenvalue weighted by molar-refractivity contribution is 0.139. The second-order valence-electron chi connectivity index (χ2n) is 8.83. The van der Waals surface area contributed by atoms with Crippen LogP contribution in [-0.2, 0) is 22.1 Å². The van der Waals surface area contributed by atoms with E-state index in [1.165, 1.54) is 0 Å². The van der Waals surface area contributed by atoms with E-state index in [-0.39, 0.29) is 12.5 Å². The van der Waals surface area contributed by atoms with Gasteiger partial charge < -0.3 is 10.1 Å². The number of hydrogen-bond acceptors (Lipinski definition) is 5. The molecule has 2 aromatic heterocycles. The molecule has 4 aromatic rings. The highest BCUT2D eigenvalue weighted by atomic mass is 32.2. The number of amides is 1. The first kappa shape index (κ1) is 26.3. The number of aromatic nitrogens is 3. The van der Waals surface area contributed by atoms with Crippen molar-refractivity contribution in [3.05, 3.63) is 95.3 Å². The fourth-order valence-electron chi connectivity index (χ4n) is 4.04. The molecule has 0 aliphatic heterocycles. The number of hydrogen-bond donors (Lipinski definition) is 1. The molecule has 37 heavy (non-hydrogen) atoms. The van der Waals surface area contributed by atoms with Crippen molar-refractivity contribution in [3.8, 4) is 0 Å². The van der Waals surface area contributed by atoms with Gasteiger partial charge in [0.2, 0.25) is 0 Å². The highest BCUT2D eigenvalue weighted by molar-refractivity contribution is 7.84. The Labute approximate surface area is 220 Å². The van der Waals surface area contributed by atoms with E-state index in [0.717, 1.165) is 41.6 Å². The third kappa shape index (κ3) is 7.13. The van der Waals surface area contributed by atoms with Crippen molar-refractivity contribution < 1.29 is 13.7 Å². The zero-order valence-electron chi connectivity index (χ0n) is 21.2. The fourth-order valence-corrected chi connectivity index (χ4v) is 4.70. The molecule has 192 valence electrons. The van der Waals surface area contributed by atoms with E-state index in [1.807, 2.05) is 78.9 Å². The number of fused-ring (bicyclic) bond motifs is 1. The lowest BCUT2D eigenvalue weighted by Crippen LogP contribution is -2.29. The minimum atomic E-state index is -1.28. The summed E-state index contributed by atoms with van der Waals surface area (Å²) in [5.74, 6) is -0.0580. The molecule has 1 amide bonds. The molecule has 0 fully saturated rings. The summed E-state index contributed by atoms with van der Waals surface area (Å²) in [4.78, 5) is 17.4. The Kier molecular flexibility index (Phi) is 9.21. The molecule has 7 nitrogen and oxygen atoms in total. The number of ether oxygens (including phenoxy) is 1. The van der Waals surface area contributed by atoms with Crippen molar-refractivity contribution in [1.82, 2.24) is 19.9 Å². The summed E-state index contributed by atoms with van der Waals surface area (Å²) in [6.45, 7) is 2.71. The molecule has 0 radical (unpaired) electrons. The maximum absolute atomic E-state index is 12.6. The number of rotatable bonds is 11. The summed E-state index contributed by atoms with van der Waals surface area (Å²) >= 11 is 0. The van der Waals surface area contributed by atoms with Crippen molar-refractivity contribution in [1.29, 1.82) is 0 Å². The Balaban J connectivity index is 1.57. The van der Waals surface area contributed by atoms with Crippen LogP contribution >= 0.6 is 0 Å². The summed E-state index contributed by atoms with van der Waals surface area (Å²) in [5.41, 5.74) is 4.25. The zero-order valence-corrected chi connectivity index (χ0v) is 22.0. The predicted octanol–water partition coefficient (Wildman–Crippen LogP) is 5.84. The molecule has 8 heteroatoms. The van der Waals surface area contributed by atoms with Gasteiger partial charge in [0, 0.05) is 24.3 Å². The van der Waals surface area contributed by atoms with E-state index < -0.39 is 16.9 Å².